The van der Waals surface area contributed by atoms with Gasteiger partial charge in [-0.05, 0) is 49.7 Å². The van der Waals surface area contributed by atoms with Gasteiger partial charge in [-0.1, -0.05) is 29.8 Å². The molecule has 2 aromatic carbocycles. The van der Waals surface area contributed by atoms with Gasteiger partial charge < -0.3 is 5.32 Å². The van der Waals surface area contributed by atoms with Gasteiger partial charge in [0.1, 0.15) is 0 Å². The third-order valence-electron chi connectivity index (χ3n) is 4.58. The Hall–Kier alpha value is -2.44. The number of hydrogen-bond donors (Lipinski definition) is 1. The van der Waals surface area contributed by atoms with Gasteiger partial charge in [-0.3, -0.25) is 19.8 Å². The van der Waals surface area contributed by atoms with Crippen LogP contribution in [0, 0.1) is 16.0 Å². The number of nitro benzene ring substituents is 1. The molecule has 1 heterocycles. The van der Waals surface area contributed by atoms with Crippen molar-refractivity contribution in [2.24, 2.45) is 5.92 Å². The Morgan fingerprint density at radius 3 is 2.62 bits per heavy atom. The number of nitrogens with zero attached hydrogens (tertiary/aromatic N) is 2. The quantitative estimate of drug-likeness (QED) is 0.632. The van der Waals surface area contributed by atoms with E-state index in [9.17, 15) is 14.9 Å². The molecule has 0 aromatic heterocycles. The highest BCUT2D eigenvalue weighted by atomic mass is 35.5. The van der Waals surface area contributed by atoms with E-state index in [0.29, 0.717) is 5.69 Å². The Morgan fingerprint density at radius 1 is 1.19 bits per heavy atom. The van der Waals surface area contributed by atoms with Crippen LogP contribution in [0.2, 0.25) is 5.02 Å². The SMILES string of the molecule is O=C(Nc1cccc([N+](=O)[O-])c1)C1CCN(Cc2cccc(Cl)c2)CC1. The minimum Gasteiger partial charge on any atom is -0.326 e. The molecule has 3 rings (SSSR count). The number of likely N-dealkylation sites (tertiary alicyclic amines) is 1. The molecule has 136 valence electrons. The van der Waals surface area contributed by atoms with Gasteiger partial charge in [0.25, 0.3) is 5.69 Å². The molecule has 26 heavy (non-hydrogen) atoms. The summed E-state index contributed by atoms with van der Waals surface area (Å²) in [4.78, 5) is 25.1. The molecule has 0 aliphatic carbocycles. The summed E-state index contributed by atoms with van der Waals surface area (Å²) in [5.74, 6) is -0.155. The van der Waals surface area contributed by atoms with Gasteiger partial charge >= 0.3 is 0 Å². The number of carbonyl (C=O) groups excluding carboxylic acids is 1. The molecule has 0 bridgehead atoms. The maximum Gasteiger partial charge on any atom is 0.271 e. The zero-order valence-corrected chi connectivity index (χ0v) is 15.0. The molecule has 0 atom stereocenters. The lowest BCUT2D eigenvalue weighted by Gasteiger charge is -2.31. The van der Waals surface area contributed by atoms with Crippen LogP contribution in [0.15, 0.2) is 48.5 Å². The van der Waals surface area contributed by atoms with Gasteiger partial charge in [0.15, 0.2) is 0 Å². The number of hydrogen-bond acceptors (Lipinski definition) is 4. The van der Waals surface area contributed by atoms with Crippen LogP contribution in [0.1, 0.15) is 18.4 Å². The number of amides is 1. The molecule has 1 saturated heterocycles. The predicted molar refractivity (Wildman–Crippen MR) is 101 cm³/mol. The maximum atomic E-state index is 12.4. The number of non-ortho nitro benzene ring substituents is 1. The number of rotatable bonds is 5. The molecule has 1 N–H and O–H groups in total. The first-order chi connectivity index (χ1) is 12.5. The second kappa shape index (κ2) is 8.29. The topological polar surface area (TPSA) is 75.5 Å². The highest BCUT2D eigenvalue weighted by Gasteiger charge is 2.25. The van der Waals surface area contributed by atoms with E-state index in [1.54, 1.807) is 12.1 Å². The highest BCUT2D eigenvalue weighted by molar-refractivity contribution is 6.30. The summed E-state index contributed by atoms with van der Waals surface area (Å²) in [6.45, 7) is 2.48. The first-order valence-corrected chi connectivity index (χ1v) is 8.91. The molecular weight excluding hydrogens is 354 g/mol. The van der Waals surface area contributed by atoms with Crippen molar-refractivity contribution in [1.82, 2.24) is 4.90 Å². The van der Waals surface area contributed by atoms with Crippen LogP contribution in [0.25, 0.3) is 0 Å². The summed E-state index contributed by atoms with van der Waals surface area (Å²) >= 11 is 6.02. The molecule has 1 aliphatic heterocycles. The van der Waals surface area contributed by atoms with Crippen LogP contribution in [0.4, 0.5) is 11.4 Å². The normalized spacial score (nSPS) is 15.6. The van der Waals surface area contributed by atoms with Gasteiger partial charge in [-0.25, -0.2) is 0 Å². The van der Waals surface area contributed by atoms with Crippen molar-refractivity contribution >= 4 is 28.9 Å². The monoisotopic (exact) mass is 373 g/mol. The third kappa shape index (κ3) is 4.80. The Labute approximate surface area is 156 Å². The van der Waals surface area contributed by atoms with Crippen LogP contribution in [-0.4, -0.2) is 28.8 Å². The van der Waals surface area contributed by atoms with E-state index in [0.717, 1.165) is 43.1 Å². The molecule has 7 heteroatoms. The number of anilines is 1. The number of halogens is 1. The molecule has 0 spiro atoms. The number of nitro groups is 1. The summed E-state index contributed by atoms with van der Waals surface area (Å²) in [6, 6.07) is 13.8. The van der Waals surface area contributed by atoms with Crippen molar-refractivity contribution < 1.29 is 9.72 Å². The largest absolute Gasteiger partial charge is 0.326 e. The molecule has 0 unspecified atom stereocenters. The van der Waals surface area contributed by atoms with Crippen molar-refractivity contribution in [1.29, 1.82) is 0 Å². The second-order valence-electron chi connectivity index (χ2n) is 6.48. The van der Waals surface area contributed by atoms with E-state index in [2.05, 4.69) is 10.2 Å². The summed E-state index contributed by atoms with van der Waals surface area (Å²) in [6.07, 6.45) is 1.53. The van der Waals surface area contributed by atoms with Crippen molar-refractivity contribution in [3.8, 4) is 0 Å². The predicted octanol–water partition coefficient (Wildman–Crippen LogP) is 4.10. The fourth-order valence-corrected chi connectivity index (χ4v) is 3.40. The van der Waals surface area contributed by atoms with E-state index in [1.807, 2.05) is 24.3 Å². The van der Waals surface area contributed by atoms with Crippen LogP contribution in [0.3, 0.4) is 0 Å². The van der Waals surface area contributed by atoms with Crippen molar-refractivity contribution in [3.05, 3.63) is 69.2 Å². The lowest BCUT2D eigenvalue weighted by atomic mass is 9.95. The smallest absolute Gasteiger partial charge is 0.271 e. The van der Waals surface area contributed by atoms with Gasteiger partial charge in [0.2, 0.25) is 5.91 Å². The fourth-order valence-electron chi connectivity index (χ4n) is 3.19. The van der Waals surface area contributed by atoms with E-state index in [-0.39, 0.29) is 17.5 Å². The zero-order valence-electron chi connectivity index (χ0n) is 14.2. The van der Waals surface area contributed by atoms with E-state index >= 15 is 0 Å². The average molecular weight is 374 g/mol. The minimum absolute atomic E-state index is 0.0286. The summed E-state index contributed by atoms with van der Waals surface area (Å²) in [5, 5.41) is 14.4. The Bertz CT molecular complexity index is 804. The fraction of sp³-hybridized carbons (Fsp3) is 0.316. The number of carbonyl (C=O) groups is 1. The molecule has 1 aliphatic rings. The van der Waals surface area contributed by atoms with Crippen molar-refractivity contribution in [2.75, 3.05) is 18.4 Å². The molecule has 1 amide bonds. The Kier molecular flexibility index (Phi) is 5.85. The Morgan fingerprint density at radius 2 is 1.92 bits per heavy atom. The Balaban J connectivity index is 1.52. The molecule has 0 saturated carbocycles. The van der Waals surface area contributed by atoms with Crippen molar-refractivity contribution in [2.45, 2.75) is 19.4 Å². The summed E-state index contributed by atoms with van der Waals surface area (Å²) < 4.78 is 0. The van der Waals surface area contributed by atoms with Gasteiger partial charge in [-0.2, -0.15) is 0 Å². The summed E-state index contributed by atoms with van der Waals surface area (Å²) in [7, 11) is 0. The van der Waals surface area contributed by atoms with Crippen LogP contribution >= 0.6 is 11.6 Å². The average Bonchev–Trinajstić information content (AvgIpc) is 2.62. The molecular formula is C19H20ClN3O3. The lowest BCUT2D eigenvalue weighted by molar-refractivity contribution is -0.384. The van der Waals surface area contributed by atoms with E-state index < -0.39 is 4.92 Å². The minimum atomic E-state index is -0.468. The standard InChI is InChI=1S/C19H20ClN3O3/c20-16-4-1-3-14(11-16)13-22-9-7-15(8-10-22)19(24)21-17-5-2-6-18(12-17)23(25)26/h1-6,11-12,15H,7-10,13H2,(H,21,24). The van der Waals surface area contributed by atoms with Gasteiger partial charge in [-0.15, -0.1) is 0 Å². The number of nitrogens with one attached hydrogen (secondary N) is 1. The van der Waals surface area contributed by atoms with Crippen LogP contribution < -0.4 is 5.32 Å². The van der Waals surface area contributed by atoms with E-state index in [4.69, 9.17) is 11.6 Å². The van der Waals surface area contributed by atoms with Gasteiger partial charge in [0, 0.05) is 35.3 Å². The molecule has 6 nitrogen and oxygen atoms in total. The second-order valence-corrected chi connectivity index (χ2v) is 6.91. The highest BCUT2D eigenvalue weighted by Crippen LogP contribution is 2.23. The molecule has 0 radical (unpaired) electrons. The van der Waals surface area contributed by atoms with Crippen molar-refractivity contribution in [3.63, 3.8) is 0 Å². The third-order valence-corrected chi connectivity index (χ3v) is 4.81. The number of piperidine rings is 1. The maximum absolute atomic E-state index is 12.4. The zero-order chi connectivity index (χ0) is 18.5. The first kappa shape index (κ1) is 18.4. The number of benzene rings is 2. The molecule has 2 aromatic rings. The lowest BCUT2D eigenvalue weighted by Crippen LogP contribution is -2.37. The van der Waals surface area contributed by atoms with Gasteiger partial charge in [0.05, 0.1) is 4.92 Å². The van der Waals surface area contributed by atoms with Crippen LogP contribution in [-0.2, 0) is 11.3 Å². The first-order valence-electron chi connectivity index (χ1n) is 8.53. The van der Waals surface area contributed by atoms with E-state index in [1.165, 1.54) is 12.1 Å². The summed E-state index contributed by atoms with van der Waals surface area (Å²) in [5.41, 5.74) is 1.60. The van der Waals surface area contributed by atoms with Crippen LogP contribution in [0.5, 0.6) is 0 Å². The molecule has 1 fully saturated rings.